The first-order chi connectivity index (χ1) is 18.2. The Morgan fingerprint density at radius 3 is 2.12 bits per heavy atom. The Labute approximate surface area is 232 Å². The number of likely N-dealkylation sites (N-methyl/N-ethyl adjacent to an activating group) is 1. The van der Waals surface area contributed by atoms with Crippen molar-refractivity contribution in [3.05, 3.63) is 0 Å². The molecule has 0 aromatic heterocycles. The average molecular weight is 578 g/mol. The van der Waals surface area contributed by atoms with E-state index in [2.05, 4.69) is 24.5 Å². The predicted octanol–water partition coefficient (Wildman–Crippen LogP) is 0.270. The van der Waals surface area contributed by atoms with Crippen LogP contribution in [-0.4, -0.2) is 103 Å². The van der Waals surface area contributed by atoms with Crippen LogP contribution in [0.4, 0.5) is 13.2 Å². The first-order valence-electron chi connectivity index (χ1n) is 13.3. The minimum absolute atomic E-state index is 0.0998. The molecule has 3 rings (SSSR count). The topological polar surface area (TPSA) is 148 Å². The van der Waals surface area contributed by atoms with Crippen LogP contribution in [0, 0.1) is 28.6 Å². The molecule has 0 bridgehead atoms. The normalized spacial score (nSPS) is 25.3. The Kier molecular flexibility index (Phi) is 10.3. The molecule has 2 saturated heterocycles. The zero-order chi connectivity index (χ0) is 30.8. The van der Waals surface area contributed by atoms with Crippen molar-refractivity contribution in [2.24, 2.45) is 28.6 Å². The molecular formula is C26H42F3N5O6. The number of alkyl halides is 3. The van der Waals surface area contributed by atoms with E-state index in [0.717, 1.165) is 0 Å². The van der Waals surface area contributed by atoms with E-state index in [1.165, 1.54) is 19.0 Å². The van der Waals surface area contributed by atoms with Crippen molar-refractivity contribution < 1.29 is 42.3 Å². The Bertz CT molecular complexity index is 967. The van der Waals surface area contributed by atoms with Crippen LogP contribution in [0.3, 0.4) is 0 Å². The van der Waals surface area contributed by atoms with Crippen LogP contribution in [0.2, 0.25) is 0 Å². The van der Waals surface area contributed by atoms with Crippen molar-refractivity contribution in [3.63, 3.8) is 0 Å². The Balaban J connectivity index is 0.000000286. The molecule has 14 heteroatoms. The van der Waals surface area contributed by atoms with E-state index in [1.54, 1.807) is 25.7 Å². The number of carbonyl (C=O) groups is 5. The number of hydrogen-bond acceptors (Lipinski definition) is 6. The first-order valence-corrected chi connectivity index (χ1v) is 13.3. The molecule has 0 radical (unpaired) electrons. The van der Waals surface area contributed by atoms with Crippen LogP contribution < -0.4 is 16.0 Å². The van der Waals surface area contributed by atoms with Gasteiger partial charge in [0.1, 0.15) is 6.04 Å². The smallest absolute Gasteiger partial charge is 0.381 e. The molecule has 2 aliphatic heterocycles. The fraction of sp³-hybridized carbons (Fsp3) is 0.808. The maximum atomic E-state index is 12.6. The number of aliphatic hydroxyl groups excluding tert-OH is 1. The molecule has 3 aliphatic rings. The van der Waals surface area contributed by atoms with Crippen LogP contribution >= 0.6 is 0 Å². The lowest BCUT2D eigenvalue weighted by atomic mass is 9.85. The number of halogens is 3. The van der Waals surface area contributed by atoms with Gasteiger partial charge in [0.2, 0.25) is 18.2 Å². The summed E-state index contributed by atoms with van der Waals surface area (Å²) < 4.78 is 37.4. The molecule has 1 saturated carbocycles. The molecule has 11 nitrogen and oxygen atoms in total. The number of likely N-dealkylation sites (tertiary alicyclic amines) is 1. The monoisotopic (exact) mass is 577 g/mol. The van der Waals surface area contributed by atoms with Gasteiger partial charge < -0.3 is 30.9 Å². The summed E-state index contributed by atoms with van der Waals surface area (Å²) in [5.74, 6) is -2.53. The zero-order valence-corrected chi connectivity index (χ0v) is 24.1. The number of nitrogens with zero attached hydrogens (tertiary/aromatic N) is 2. The van der Waals surface area contributed by atoms with E-state index in [4.69, 9.17) is 0 Å². The largest absolute Gasteiger partial charge is 0.471 e. The van der Waals surface area contributed by atoms with Crippen LogP contribution in [-0.2, 0) is 24.0 Å². The molecule has 40 heavy (non-hydrogen) atoms. The van der Waals surface area contributed by atoms with Gasteiger partial charge in [-0.05, 0) is 35.5 Å². The Hall–Kier alpha value is -2.90. The van der Waals surface area contributed by atoms with E-state index >= 15 is 0 Å². The molecule has 228 valence electrons. The quantitative estimate of drug-likeness (QED) is 0.305. The Morgan fingerprint density at radius 1 is 1.18 bits per heavy atom. The summed E-state index contributed by atoms with van der Waals surface area (Å²) in [6.07, 6.45) is -4.98. The lowest BCUT2D eigenvalue weighted by Crippen LogP contribution is -2.57. The fourth-order valence-corrected chi connectivity index (χ4v) is 5.34. The van der Waals surface area contributed by atoms with Gasteiger partial charge in [-0.3, -0.25) is 24.0 Å². The summed E-state index contributed by atoms with van der Waals surface area (Å²) in [5, 5.41) is 16.8. The van der Waals surface area contributed by atoms with Gasteiger partial charge in [0, 0.05) is 39.6 Å². The molecule has 1 aliphatic carbocycles. The van der Waals surface area contributed by atoms with E-state index in [0.29, 0.717) is 44.3 Å². The summed E-state index contributed by atoms with van der Waals surface area (Å²) in [5.41, 5.74) is -0.580. The average Bonchev–Trinajstić information content (AvgIpc) is 3.24. The highest BCUT2D eigenvalue weighted by Crippen LogP contribution is 2.62. The molecule has 6 atom stereocenters. The van der Waals surface area contributed by atoms with Crippen molar-refractivity contribution >= 4 is 30.0 Å². The van der Waals surface area contributed by atoms with Gasteiger partial charge in [0.05, 0.1) is 6.04 Å². The number of rotatable bonds is 8. The van der Waals surface area contributed by atoms with Crippen molar-refractivity contribution in [2.45, 2.75) is 71.8 Å². The molecule has 0 aromatic rings. The number of aliphatic hydroxyl groups is 1. The lowest BCUT2D eigenvalue weighted by molar-refractivity contribution is -0.176. The van der Waals surface area contributed by atoms with Gasteiger partial charge in [-0.2, -0.15) is 13.2 Å². The number of nitrogens with one attached hydrogen (secondary N) is 3. The summed E-state index contributed by atoms with van der Waals surface area (Å²) in [7, 11) is 3.04. The predicted molar refractivity (Wildman–Crippen MR) is 138 cm³/mol. The van der Waals surface area contributed by atoms with Gasteiger partial charge in [0.15, 0.2) is 6.10 Å². The van der Waals surface area contributed by atoms with Crippen LogP contribution in [0.5, 0.6) is 0 Å². The van der Waals surface area contributed by atoms with E-state index < -0.39 is 47.5 Å². The van der Waals surface area contributed by atoms with Gasteiger partial charge in [-0.1, -0.05) is 34.6 Å². The summed E-state index contributed by atoms with van der Waals surface area (Å²) >= 11 is 0. The summed E-state index contributed by atoms with van der Waals surface area (Å²) in [6.45, 7) is 10.9. The minimum Gasteiger partial charge on any atom is -0.381 e. The highest BCUT2D eigenvalue weighted by Gasteiger charge is 2.63. The van der Waals surface area contributed by atoms with Crippen molar-refractivity contribution in [2.75, 3.05) is 33.7 Å². The van der Waals surface area contributed by atoms with Gasteiger partial charge in [0.25, 0.3) is 5.91 Å². The SMILES string of the molecule is CC(C)(C)C(NC(=O)C(F)(F)F)C(=O)N1CC2C(C1)C2(C)C.CN(C)C(=O)C(O)C(CC1CCNC1=O)NC=O. The second-order valence-electron chi connectivity index (χ2n) is 12.6. The molecule has 3 fully saturated rings. The van der Waals surface area contributed by atoms with Gasteiger partial charge in [-0.25, -0.2) is 0 Å². The highest BCUT2D eigenvalue weighted by molar-refractivity contribution is 5.90. The molecule has 0 spiro atoms. The van der Waals surface area contributed by atoms with Crippen LogP contribution in [0.15, 0.2) is 0 Å². The van der Waals surface area contributed by atoms with E-state index in [1.807, 2.05) is 5.32 Å². The van der Waals surface area contributed by atoms with Gasteiger partial charge >= 0.3 is 12.1 Å². The second-order valence-corrected chi connectivity index (χ2v) is 12.6. The highest BCUT2D eigenvalue weighted by atomic mass is 19.4. The molecule has 4 N–H and O–H groups in total. The fourth-order valence-electron chi connectivity index (χ4n) is 5.34. The molecule has 6 unspecified atom stereocenters. The number of fused-ring (bicyclic) bond motifs is 1. The molecule has 2 heterocycles. The lowest BCUT2D eigenvalue weighted by Gasteiger charge is -2.34. The van der Waals surface area contributed by atoms with Crippen molar-refractivity contribution in [3.8, 4) is 0 Å². The maximum Gasteiger partial charge on any atom is 0.471 e. The third-order valence-electron chi connectivity index (χ3n) is 8.14. The second kappa shape index (κ2) is 12.3. The van der Waals surface area contributed by atoms with Crippen LogP contribution in [0.25, 0.3) is 0 Å². The summed E-state index contributed by atoms with van der Waals surface area (Å²) in [6, 6.07) is -1.92. The number of amides is 5. The molecule has 0 aromatic carbocycles. The molecular weight excluding hydrogens is 535 g/mol. The van der Waals surface area contributed by atoms with E-state index in [9.17, 15) is 42.3 Å². The van der Waals surface area contributed by atoms with Crippen molar-refractivity contribution in [1.29, 1.82) is 0 Å². The number of carbonyl (C=O) groups excluding carboxylic acids is 5. The third-order valence-corrected chi connectivity index (χ3v) is 8.14. The summed E-state index contributed by atoms with van der Waals surface area (Å²) in [4.78, 5) is 60.2. The number of hydrogen-bond donors (Lipinski definition) is 4. The standard InChI is InChI=1S/C15H23F3N2O2.C11H19N3O4/c1-13(2,3)10(19-12(22)15(16,17)18)11(21)20-6-8-9(7-20)14(8,4)5;1-14(2)11(18)9(16)8(13-6-15)5-7-3-4-12-10(7)17/h8-10H,6-7H2,1-5H3,(H,19,22);6-9,16H,3-5H2,1-2H3,(H,12,17)(H,13,15). The molecule has 5 amide bonds. The minimum atomic E-state index is -4.99. The zero-order valence-electron chi connectivity index (χ0n) is 24.1. The maximum absolute atomic E-state index is 12.6. The van der Waals surface area contributed by atoms with E-state index in [-0.39, 0.29) is 23.7 Å². The van der Waals surface area contributed by atoms with Crippen LogP contribution in [0.1, 0.15) is 47.5 Å². The first kappa shape index (κ1) is 33.3. The third kappa shape index (κ3) is 7.85. The van der Waals surface area contributed by atoms with Crippen molar-refractivity contribution in [1.82, 2.24) is 25.8 Å². The number of piperidine rings is 1. The van der Waals surface area contributed by atoms with Gasteiger partial charge in [-0.15, -0.1) is 0 Å². The Morgan fingerprint density at radius 2 is 1.73 bits per heavy atom.